The van der Waals surface area contributed by atoms with Gasteiger partial charge in [0, 0.05) is 12.6 Å². The zero-order chi connectivity index (χ0) is 16.1. The first-order chi connectivity index (χ1) is 10.5. The molecule has 1 aromatic heterocycles. The van der Waals surface area contributed by atoms with E-state index in [1.165, 1.54) is 0 Å². The van der Waals surface area contributed by atoms with Gasteiger partial charge in [-0.1, -0.05) is 23.2 Å². The van der Waals surface area contributed by atoms with E-state index >= 15 is 0 Å². The van der Waals surface area contributed by atoms with Gasteiger partial charge < -0.3 is 20.1 Å². The maximum atomic E-state index is 8.44. The van der Waals surface area contributed by atoms with Crippen LogP contribution in [0.25, 0.3) is 11.0 Å². The summed E-state index contributed by atoms with van der Waals surface area (Å²) in [5.74, 6) is 0.735. The van der Waals surface area contributed by atoms with Crippen LogP contribution in [0, 0.1) is 0 Å². The number of nitrogens with zero attached hydrogens (tertiary/aromatic N) is 1. The molecule has 3 rings (SSSR count). The molecule has 1 aliphatic heterocycles. The van der Waals surface area contributed by atoms with Gasteiger partial charge in [-0.05, 0) is 38.8 Å². The number of anilines is 1. The van der Waals surface area contributed by atoms with Crippen LogP contribution in [0.4, 0.5) is 5.95 Å². The summed E-state index contributed by atoms with van der Waals surface area (Å²) in [6.07, 6.45) is 2.31. The van der Waals surface area contributed by atoms with Crippen molar-refractivity contribution in [1.82, 2.24) is 9.97 Å². The standard InChI is InChI=1S/C10H11Cl2N3.C5H10O2/c1-5(2)13-10-14-8-3-6(11)7(12)4-9(8)15-10;6-4-5-2-1-3-7-5/h3-5H,1-2H3,(H2,13,14,15);5-6H,1-4H2. The van der Waals surface area contributed by atoms with Gasteiger partial charge in [0.2, 0.25) is 5.95 Å². The molecule has 0 amide bonds. The third kappa shape index (κ3) is 4.74. The van der Waals surface area contributed by atoms with E-state index in [1.807, 2.05) is 13.8 Å². The van der Waals surface area contributed by atoms with Crippen molar-refractivity contribution >= 4 is 40.2 Å². The lowest BCUT2D eigenvalue weighted by Crippen LogP contribution is -2.10. The van der Waals surface area contributed by atoms with E-state index in [1.54, 1.807) is 12.1 Å². The minimum absolute atomic E-state index is 0.153. The van der Waals surface area contributed by atoms with Crippen LogP contribution in [0.3, 0.4) is 0 Å². The second-order valence-corrected chi connectivity index (χ2v) is 6.30. The number of imidazole rings is 1. The van der Waals surface area contributed by atoms with Crippen molar-refractivity contribution in [3.63, 3.8) is 0 Å². The normalized spacial score (nSPS) is 17.6. The molecule has 0 bridgehead atoms. The summed E-state index contributed by atoms with van der Waals surface area (Å²) in [6.45, 7) is 5.13. The number of rotatable bonds is 3. The zero-order valence-corrected chi connectivity index (χ0v) is 14.2. The van der Waals surface area contributed by atoms with Crippen LogP contribution < -0.4 is 5.32 Å². The number of aromatic nitrogens is 2. The summed E-state index contributed by atoms with van der Waals surface area (Å²) in [7, 11) is 0. The molecule has 5 nitrogen and oxygen atoms in total. The van der Waals surface area contributed by atoms with Crippen molar-refractivity contribution in [2.45, 2.75) is 38.8 Å². The molecule has 122 valence electrons. The minimum Gasteiger partial charge on any atom is -0.394 e. The van der Waals surface area contributed by atoms with Gasteiger partial charge in [-0.15, -0.1) is 0 Å². The number of benzene rings is 1. The Kier molecular flexibility index (Phi) is 6.32. The van der Waals surface area contributed by atoms with Gasteiger partial charge in [0.25, 0.3) is 0 Å². The Bertz CT molecular complexity index is 571. The van der Waals surface area contributed by atoms with Crippen molar-refractivity contribution in [3.8, 4) is 0 Å². The van der Waals surface area contributed by atoms with E-state index in [0.29, 0.717) is 16.1 Å². The third-order valence-corrected chi connectivity index (χ3v) is 3.90. The Labute approximate surface area is 140 Å². The number of ether oxygens (including phenoxy) is 1. The summed E-state index contributed by atoms with van der Waals surface area (Å²) in [4.78, 5) is 7.47. The first-order valence-corrected chi connectivity index (χ1v) is 8.09. The van der Waals surface area contributed by atoms with Gasteiger partial charge >= 0.3 is 0 Å². The number of nitrogens with one attached hydrogen (secondary N) is 2. The molecule has 1 fully saturated rings. The summed E-state index contributed by atoms with van der Waals surface area (Å²) >= 11 is 11.8. The lowest BCUT2D eigenvalue weighted by Gasteiger charge is -2.04. The molecular formula is C15H21Cl2N3O2. The molecule has 0 aliphatic carbocycles. The largest absolute Gasteiger partial charge is 0.394 e. The maximum Gasteiger partial charge on any atom is 0.201 e. The molecule has 2 heterocycles. The van der Waals surface area contributed by atoms with Gasteiger partial charge in [-0.2, -0.15) is 0 Å². The van der Waals surface area contributed by atoms with Crippen LogP contribution >= 0.6 is 23.2 Å². The zero-order valence-electron chi connectivity index (χ0n) is 12.7. The molecule has 0 saturated carbocycles. The van der Waals surface area contributed by atoms with Crippen molar-refractivity contribution in [2.24, 2.45) is 0 Å². The average molecular weight is 346 g/mol. The molecule has 0 radical (unpaired) electrons. The SMILES string of the molecule is CC(C)Nc1nc2cc(Cl)c(Cl)cc2[nH]1.OCC1CCCO1. The fourth-order valence-electron chi connectivity index (χ4n) is 2.14. The highest BCUT2D eigenvalue weighted by atomic mass is 35.5. The summed E-state index contributed by atoms with van der Waals surface area (Å²) in [5.41, 5.74) is 1.69. The topological polar surface area (TPSA) is 70.2 Å². The molecule has 3 N–H and O–H groups in total. The number of H-pyrrole nitrogens is 1. The number of halogens is 2. The number of aliphatic hydroxyl groups is 1. The van der Waals surface area contributed by atoms with Crippen LogP contribution in [-0.2, 0) is 4.74 Å². The van der Waals surface area contributed by atoms with Gasteiger partial charge in [0.1, 0.15) is 0 Å². The molecule has 1 aromatic carbocycles. The lowest BCUT2D eigenvalue weighted by molar-refractivity contribution is 0.0591. The molecule has 0 spiro atoms. The average Bonchev–Trinajstić information content (AvgIpc) is 3.08. The molecule has 1 saturated heterocycles. The Morgan fingerprint density at radius 3 is 2.68 bits per heavy atom. The summed E-state index contributed by atoms with van der Waals surface area (Å²) < 4.78 is 5.05. The molecule has 22 heavy (non-hydrogen) atoms. The second kappa shape index (κ2) is 8.02. The Balaban J connectivity index is 0.000000211. The van der Waals surface area contributed by atoms with E-state index < -0.39 is 0 Å². The molecule has 7 heteroatoms. The predicted octanol–water partition coefficient (Wildman–Crippen LogP) is 3.85. The number of hydrogen-bond acceptors (Lipinski definition) is 4. The molecule has 1 unspecified atom stereocenters. The second-order valence-electron chi connectivity index (χ2n) is 5.49. The Hall–Kier alpha value is -1.01. The Morgan fingerprint density at radius 1 is 1.41 bits per heavy atom. The highest BCUT2D eigenvalue weighted by Crippen LogP contribution is 2.27. The lowest BCUT2D eigenvalue weighted by atomic mass is 10.2. The monoisotopic (exact) mass is 345 g/mol. The van der Waals surface area contributed by atoms with Crippen LogP contribution in [-0.4, -0.2) is 40.4 Å². The van der Waals surface area contributed by atoms with Crippen LogP contribution in [0.2, 0.25) is 10.0 Å². The number of aliphatic hydroxyl groups excluding tert-OH is 1. The minimum atomic E-state index is 0.153. The van der Waals surface area contributed by atoms with Crippen LogP contribution in [0.15, 0.2) is 12.1 Å². The van der Waals surface area contributed by atoms with Crippen molar-refractivity contribution in [1.29, 1.82) is 0 Å². The highest BCUT2D eigenvalue weighted by Gasteiger charge is 2.12. The fourth-order valence-corrected chi connectivity index (χ4v) is 2.46. The highest BCUT2D eigenvalue weighted by molar-refractivity contribution is 6.42. The van der Waals surface area contributed by atoms with Crippen molar-refractivity contribution in [3.05, 3.63) is 22.2 Å². The van der Waals surface area contributed by atoms with Gasteiger partial charge in [-0.3, -0.25) is 0 Å². The molecular weight excluding hydrogens is 325 g/mol. The third-order valence-electron chi connectivity index (χ3n) is 3.18. The first kappa shape index (κ1) is 17.3. The van der Waals surface area contributed by atoms with E-state index in [-0.39, 0.29) is 12.7 Å². The van der Waals surface area contributed by atoms with Gasteiger partial charge in [-0.25, -0.2) is 4.98 Å². The maximum absolute atomic E-state index is 8.44. The van der Waals surface area contributed by atoms with E-state index in [2.05, 4.69) is 15.3 Å². The molecule has 2 aromatic rings. The predicted molar refractivity (Wildman–Crippen MR) is 90.9 cm³/mol. The van der Waals surface area contributed by atoms with E-state index in [9.17, 15) is 0 Å². The summed E-state index contributed by atoms with van der Waals surface area (Å²) in [6, 6.07) is 3.86. The van der Waals surface area contributed by atoms with Crippen molar-refractivity contribution < 1.29 is 9.84 Å². The first-order valence-electron chi connectivity index (χ1n) is 7.33. The fraction of sp³-hybridized carbons (Fsp3) is 0.533. The van der Waals surface area contributed by atoms with Crippen LogP contribution in [0.5, 0.6) is 0 Å². The molecule has 1 atom stereocenters. The summed E-state index contributed by atoms with van der Waals surface area (Å²) in [5, 5.41) is 12.7. The van der Waals surface area contributed by atoms with E-state index in [4.69, 9.17) is 33.0 Å². The number of hydrogen-bond donors (Lipinski definition) is 3. The molecule has 1 aliphatic rings. The van der Waals surface area contributed by atoms with E-state index in [0.717, 1.165) is 36.4 Å². The number of fused-ring (bicyclic) bond motifs is 1. The number of aromatic amines is 1. The smallest absolute Gasteiger partial charge is 0.201 e. The van der Waals surface area contributed by atoms with Crippen molar-refractivity contribution in [2.75, 3.05) is 18.5 Å². The Morgan fingerprint density at radius 2 is 2.14 bits per heavy atom. The van der Waals surface area contributed by atoms with Gasteiger partial charge in [0.15, 0.2) is 0 Å². The van der Waals surface area contributed by atoms with Crippen LogP contribution in [0.1, 0.15) is 26.7 Å². The van der Waals surface area contributed by atoms with Gasteiger partial charge in [0.05, 0.1) is 33.8 Å². The quantitative estimate of drug-likeness (QED) is 0.790.